The number of benzene rings is 1. The summed E-state index contributed by atoms with van der Waals surface area (Å²) in [6.07, 6.45) is 7.67. The third-order valence-corrected chi connectivity index (χ3v) is 4.40. The molecule has 0 saturated heterocycles. The number of amides is 1. The van der Waals surface area contributed by atoms with E-state index in [1.54, 1.807) is 6.20 Å². The molecule has 1 heterocycles. The van der Waals surface area contributed by atoms with Crippen LogP contribution in [-0.4, -0.2) is 15.7 Å². The molecule has 0 spiro atoms. The van der Waals surface area contributed by atoms with E-state index in [4.69, 9.17) is 16.7 Å². The van der Waals surface area contributed by atoms with Crippen LogP contribution in [0.2, 0.25) is 0 Å². The molecule has 7 nitrogen and oxygen atoms in total. The van der Waals surface area contributed by atoms with Gasteiger partial charge in [-0.1, -0.05) is 31.4 Å². The molecule has 1 aromatic carbocycles. The van der Waals surface area contributed by atoms with E-state index >= 15 is 0 Å². The third kappa shape index (κ3) is 4.58. The number of rotatable bonds is 5. The summed E-state index contributed by atoms with van der Waals surface area (Å²) >= 11 is 0. The van der Waals surface area contributed by atoms with E-state index in [9.17, 15) is 4.79 Å². The molecule has 25 heavy (non-hydrogen) atoms. The average molecular weight is 340 g/mol. The van der Waals surface area contributed by atoms with Crippen molar-refractivity contribution < 1.29 is 4.79 Å². The highest BCUT2D eigenvalue weighted by Gasteiger charge is 2.20. The molecule has 5 N–H and O–H groups in total. The number of nitrogens with zero attached hydrogens (tertiary/aromatic N) is 3. The predicted molar refractivity (Wildman–Crippen MR) is 97.2 cm³/mol. The summed E-state index contributed by atoms with van der Waals surface area (Å²) in [5.74, 6) is 0.0525. The second-order valence-corrected chi connectivity index (χ2v) is 6.05. The second-order valence-electron chi connectivity index (χ2n) is 6.05. The molecular formula is C18H24N6O. The molecule has 1 saturated carbocycles. The SMILES string of the molecule is C#N.NCc1ccc(Nc2nn(C3CCCCC3)cc2C(N)=O)cc1. The van der Waals surface area contributed by atoms with Crippen molar-refractivity contribution in [3.8, 4) is 6.57 Å². The molecule has 1 aromatic heterocycles. The summed E-state index contributed by atoms with van der Waals surface area (Å²) in [4.78, 5) is 11.7. The summed E-state index contributed by atoms with van der Waals surface area (Å²) in [5, 5.41) is 14.3. The smallest absolute Gasteiger partial charge is 0.254 e. The summed E-state index contributed by atoms with van der Waals surface area (Å²) in [5.41, 5.74) is 13.5. The topological polar surface area (TPSA) is 123 Å². The quantitative estimate of drug-likeness (QED) is 0.772. The van der Waals surface area contributed by atoms with Gasteiger partial charge in [0.15, 0.2) is 5.82 Å². The van der Waals surface area contributed by atoms with Gasteiger partial charge in [0.1, 0.15) is 5.56 Å². The molecule has 1 aliphatic rings. The zero-order chi connectivity index (χ0) is 18.2. The van der Waals surface area contributed by atoms with Crippen molar-refractivity contribution in [2.75, 3.05) is 5.32 Å². The highest BCUT2D eigenvalue weighted by molar-refractivity contribution is 5.98. The van der Waals surface area contributed by atoms with Crippen LogP contribution in [0.3, 0.4) is 0 Å². The Balaban J connectivity index is 0.00000109. The number of carbonyl (C=O) groups is 1. The Morgan fingerprint density at radius 2 is 1.88 bits per heavy atom. The minimum atomic E-state index is -0.465. The van der Waals surface area contributed by atoms with Gasteiger partial charge in [-0.05, 0) is 30.5 Å². The first-order valence-electron chi connectivity index (χ1n) is 8.38. The van der Waals surface area contributed by atoms with Crippen molar-refractivity contribution in [1.82, 2.24) is 9.78 Å². The first-order chi connectivity index (χ1) is 12.2. The largest absolute Gasteiger partial charge is 0.365 e. The highest BCUT2D eigenvalue weighted by atomic mass is 16.1. The lowest BCUT2D eigenvalue weighted by atomic mass is 9.96. The first kappa shape index (κ1) is 18.5. The molecule has 0 radical (unpaired) electrons. The number of nitrogens with two attached hydrogens (primary N) is 2. The monoisotopic (exact) mass is 340 g/mol. The van der Waals surface area contributed by atoms with Gasteiger partial charge in [-0.15, -0.1) is 0 Å². The van der Waals surface area contributed by atoms with Crippen LogP contribution in [0, 0.1) is 11.8 Å². The van der Waals surface area contributed by atoms with Gasteiger partial charge in [0.05, 0.1) is 6.04 Å². The minimum absolute atomic E-state index is 0.358. The molecule has 7 heteroatoms. The van der Waals surface area contributed by atoms with Gasteiger partial charge in [0.25, 0.3) is 5.91 Å². The summed E-state index contributed by atoms with van der Waals surface area (Å²) in [6, 6.07) is 8.10. The van der Waals surface area contributed by atoms with E-state index in [-0.39, 0.29) is 0 Å². The Hall–Kier alpha value is -2.85. The third-order valence-electron chi connectivity index (χ3n) is 4.40. The standard InChI is InChI=1S/C17H23N5O.CHN/c18-10-12-6-8-13(9-7-12)20-17-15(16(19)23)11-22(21-17)14-4-2-1-3-5-14;1-2/h6-9,11,14H,1-5,10,18H2,(H2,19,23)(H,20,21);1H. The fourth-order valence-electron chi connectivity index (χ4n) is 3.06. The fraction of sp³-hybridized carbons (Fsp3) is 0.389. The van der Waals surface area contributed by atoms with E-state index in [0.717, 1.165) is 24.1 Å². The summed E-state index contributed by atoms with van der Waals surface area (Å²) < 4.78 is 1.90. The molecule has 0 unspecified atom stereocenters. The van der Waals surface area contributed by atoms with Gasteiger partial charge < -0.3 is 16.8 Å². The molecule has 0 aliphatic heterocycles. The maximum atomic E-state index is 11.7. The van der Waals surface area contributed by atoms with Gasteiger partial charge in [-0.3, -0.25) is 9.48 Å². The summed E-state index contributed by atoms with van der Waals surface area (Å²) in [6.45, 7) is 4.00. The number of anilines is 2. The molecule has 2 aromatic rings. The van der Waals surface area contributed by atoms with Crippen molar-refractivity contribution in [2.24, 2.45) is 11.5 Å². The lowest BCUT2D eigenvalue weighted by Gasteiger charge is -2.21. The van der Waals surface area contributed by atoms with E-state index in [1.807, 2.05) is 28.9 Å². The zero-order valence-electron chi connectivity index (χ0n) is 14.2. The Bertz CT molecular complexity index is 713. The van der Waals surface area contributed by atoms with E-state index in [1.165, 1.54) is 19.3 Å². The average Bonchev–Trinajstić information content (AvgIpc) is 3.09. The van der Waals surface area contributed by atoms with Crippen LogP contribution >= 0.6 is 0 Å². The van der Waals surface area contributed by atoms with Crippen LogP contribution in [-0.2, 0) is 6.54 Å². The fourth-order valence-corrected chi connectivity index (χ4v) is 3.06. The minimum Gasteiger partial charge on any atom is -0.365 e. The van der Waals surface area contributed by atoms with Gasteiger partial charge in [-0.25, -0.2) is 5.26 Å². The van der Waals surface area contributed by atoms with E-state index < -0.39 is 5.91 Å². The number of hydrogen-bond acceptors (Lipinski definition) is 5. The Morgan fingerprint density at radius 3 is 2.44 bits per heavy atom. The number of aromatic nitrogens is 2. The summed E-state index contributed by atoms with van der Waals surface area (Å²) in [7, 11) is 0. The van der Waals surface area contributed by atoms with Crippen molar-refractivity contribution >= 4 is 17.4 Å². The second kappa shape index (κ2) is 8.85. The number of primary amides is 1. The van der Waals surface area contributed by atoms with E-state index in [2.05, 4.69) is 17.0 Å². The Kier molecular flexibility index (Phi) is 6.54. The number of nitriles is 1. The lowest BCUT2D eigenvalue weighted by molar-refractivity contribution is 0.100. The predicted octanol–water partition coefficient (Wildman–Crippen LogP) is 2.83. The van der Waals surface area contributed by atoms with Crippen LogP contribution in [0.15, 0.2) is 30.5 Å². The van der Waals surface area contributed by atoms with Crippen molar-refractivity contribution in [1.29, 1.82) is 5.26 Å². The lowest BCUT2D eigenvalue weighted by Crippen LogP contribution is -2.14. The zero-order valence-corrected chi connectivity index (χ0v) is 14.2. The molecule has 1 amide bonds. The molecular weight excluding hydrogens is 316 g/mol. The molecule has 3 rings (SSSR count). The molecule has 0 bridgehead atoms. The van der Waals surface area contributed by atoms with Crippen molar-refractivity contribution in [3.05, 3.63) is 41.6 Å². The van der Waals surface area contributed by atoms with Crippen LogP contribution in [0.1, 0.15) is 54.1 Å². The van der Waals surface area contributed by atoms with E-state index in [0.29, 0.717) is 24.0 Å². The Morgan fingerprint density at radius 1 is 1.24 bits per heavy atom. The first-order valence-corrected chi connectivity index (χ1v) is 8.38. The maximum absolute atomic E-state index is 11.7. The number of carbonyl (C=O) groups excluding carboxylic acids is 1. The molecule has 132 valence electrons. The van der Waals surface area contributed by atoms with Crippen molar-refractivity contribution in [2.45, 2.75) is 44.7 Å². The Labute approximate surface area is 147 Å². The molecule has 1 fully saturated rings. The van der Waals surface area contributed by atoms with Gasteiger partial charge in [0, 0.05) is 25.0 Å². The normalized spacial score (nSPS) is 14.4. The molecule has 1 aliphatic carbocycles. The van der Waals surface area contributed by atoms with Crippen molar-refractivity contribution in [3.63, 3.8) is 0 Å². The van der Waals surface area contributed by atoms with Crippen LogP contribution in [0.4, 0.5) is 11.5 Å². The van der Waals surface area contributed by atoms with Gasteiger partial charge >= 0.3 is 0 Å². The molecule has 0 atom stereocenters. The van der Waals surface area contributed by atoms with Crippen LogP contribution < -0.4 is 16.8 Å². The highest BCUT2D eigenvalue weighted by Crippen LogP contribution is 2.29. The van der Waals surface area contributed by atoms with Gasteiger partial charge in [-0.2, -0.15) is 5.10 Å². The number of nitrogens with one attached hydrogen (secondary N) is 1. The van der Waals surface area contributed by atoms with Crippen LogP contribution in [0.25, 0.3) is 0 Å². The maximum Gasteiger partial charge on any atom is 0.254 e. The number of hydrogen-bond donors (Lipinski definition) is 3. The van der Waals surface area contributed by atoms with Gasteiger partial charge in [0.2, 0.25) is 0 Å². The van der Waals surface area contributed by atoms with Crippen LogP contribution in [0.5, 0.6) is 0 Å².